The van der Waals surface area contributed by atoms with Crippen molar-refractivity contribution in [3.63, 3.8) is 0 Å². The zero-order valence-corrected chi connectivity index (χ0v) is 12.9. The second-order valence-corrected chi connectivity index (χ2v) is 6.13. The molecule has 1 atom stereocenters. The van der Waals surface area contributed by atoms with Gasteiger partial charge in [-0.1, -0.05) is 19.9 Å². The summed E-state index contributed by atoms with van der Waals surface area (Å²) in [6.45, 7) is 6.25. The Morgan fingerprint density at radius 3 is 2.38 bits per heavy atom. The van der Waals surface area contributed by atoms with Gasteiger partial charge in [-0.25, -0.2) is 8.78 Å². The van der Waals surface area contributed by atoms with Gasteiger partial charge < -0.3 is 11.1 Å². The lowest BCUT2D eigenvalue weighted by Gasteiger charge is -2.24. The topological polar surface area (TPSA) is 55.1 Å². The van der Waals surface area contributed by atoms with Gasteiger partial charge in [-0.2, -0.15) is 0 Å². The number of hydrogen-bond donors (Lipinski definition) is 2. The van der Waals surface area contributed by atoms with Crippen LogP contribution < -0.4 is 11.1 Å². The first kappa shape index (κ1) is 17.6. The van der Waals surface area contributed by atoms with Gasteiger partial charge in [0, 0.05) is 12.0 Å². The van der Waals surface area contributed by atoms with Crippen LogP contribution in [-0.2, 0) is 4.79 Å². The average molecular weight is 298 g/mol. The van der Waals surface area contributed by atoms with E-state index in [1.54, 1.807) is 6.92 Å². The van der Waals surface area contributed by atoms with Crippen LogP contribution in [0.15, 0.2) is 18.2 Å². The van der Waals surface area contributed by atoms with Crippen LogP contribution in [0.3, 0.4) is 0 Å². The third kappa shape index (κ3) is 5.42. The van der Waals surface area contributed by atoms with Crippen LogP contribution >= 0.6 is 0 Å². The van der Waals surface area contributed by atoms with E-state index in [4.69, 9.17) is 5.73 Å². The Kier molecular flexibility index (Phi) is 6.27. The Morgan fingerprint density at radius 2 is 1.86 bits per heavy atom. The molecule has 5 heteroatoms. The van der Waals surface area contributed by atoms with Gasteiger partial charge in [0.25, 0.3) is 0 Å². The molecule has 21 heavy (non-hydrogen) atoms. The number of carbonyl (C=O) groups excluding carboxylic acids is 1. The van der Waals surface area contributed by atoms with Gasteiger partial charge in [-0.15, -0.1) is 0 Å². The largest absolute Gasteiger partial charge is 0.349 e. The summed E-state index contributed by atoms with van der Waals surface area (Å²) in [6.07, 6.45) is 1.83. The lowest BCUT2D eigenvalue weighted by molar-refractivity contribution is -0.122. The van der Waals surface area contributed by atoms with E-state index in [-0.39, 0.29) is 16.9 Å². The van der Waals surface area contributed by atoms with E-state index in [1.807, 2.05) is 13.8 Å². The monoisotopic (exact) mass is 298 g/mol. The van der Waals surface area contributed by atoms with E-state index >= 15 is 0 Å². The van der Waals surface area contributed by atoms with Crippen molar-refractivity contribution in [3.05, 3.63) is 35.4 Å². The summed E-state index contributed by atoms with van der Waals surface area (Å²) in [6, 6.07) is 2.98. The van der Waals surface area contributed by atoms with Crippen LogP contribution in [0, 0.1) is 17.0 Å². The summed E-state index contributed by atoms with van der Waals surface area (Å²) in [7, 11) is 0. The molecule has 1 aromatic carbocycles. The Balaban J connectivity index is 2.59. The highest BCUT2D eigenvalue weighted by Crippen LogP contribution is 2.26. The van der Waals surface area contributed by atoms with Gasteiger partial charge in [-0.3, -0.25) is 4.79 Å². The molecule has 0 aliphatic rings. The molecule has 0 radical (unpaired) electrons. The highest BCUT2D eigenvalue weighted by atomic mass is 19.1. The lowest BCUT2D eigenvalue weighted by Crippen LogP contribution is -2.29. The predicted molar refractivity (Wildman–Crippen MR) is 79.6 cm³/mol. The SMILES string of the molecule is CC(NC(=O)CCC(C)(C)CCN)c1c(F)cccc1F. The van der Waals surface area contributed by atoms with Crippen molar-refractivity contribution in [3.8, 4) is 0 Å². The molecular formula is C16H24F2N2O. The number of halogens is 2. The summed E-state index contributed by atoms with van der Waals surface area (Å²) in [5.74, 6) is -1.51. The van der Waals surface area contributed by atoms with Crippen LogP contribution in [0.1, 0.15) is 51.6 Å². The van der Waals surface area contributed by atoms with Gasteiger partial charge in [0.2, 0.25) is 5.91 Å². The Labute approximate surface area is 124 Å². The minimum atomic E-state index is -0.698. The molecule has 0 heterocycles. The molecule has 3 nitrogen and oxygen atoms in total. The van der Waals surface area contributed by atoms with E-state index < -0.39 is 17.7 Å². The smallest absolute Gasteiger partial charge is 0.220 e. The standard InChI is InChI=1S/C16H24F2N2O/c1-11(15-12(17)5-4-6-13(15)18)20-14(21)7-8-16(2,3)9-10-19/h4-6,11H,7-10,19H2,1-3H3,(H,20,21). The highest BCUT2D eigenvalue weighted by Gasteiger charge is 2.21. The fourth-order valence-corrected chi connectivity index (χ4v) is 2.28. The van der Waals surface area contributed by atoms with Gasteiger partial charge in [-0.05, 0) is 43.9 Å². The summed E-state index contributed by atoms with van der Waals surface area (Å²) in [5.41, 5.74) is 5.41. The fourth-order valence-electron chi connectivity index (χ4n) is 2.28. The molecule has 118 valence electrons. The second-order valence-electron chi connectivity index (χ2n) is 6.13. The van der Waals surface area contributed by atoms with Gasteiger partial charge in [0.1, 0.15) is 11.6 Å². The molecular weight excluding hydrogens is 274 g/mol. The van der Waals surface area contributed by atoms with Crippen LogP contribution in [0.25, 0.3) is 0 Å². The van der Waals surface area contributed by atoms with Crippen molar-refractivity contribution in [1.29, 1.82) is 0 Å². The first-order valence-corrected chi connectivity index (χ1v) is 7.20. The molecule has 0 saturated heterocycles. The third-order valence-corrected chi connectivity index (χ3v) is 3.66. The molecule has 0 spiro atoms. The van der Waals surface area contributed by atoms with Crippen molar-refractivity contribution in [2.24, 2.45) is 11.1 Å². The number of rotatable bonds is 7. The molecule has 0 aromatic heterocycles. The number of hydrogen-bond acceptors (Lipinski definition) is 2. The van der Waals surface area contributed by atoms with E-state index in [1.165, 1.54) is 18.2 Å². The third-order valence-electron chi connectivity index (χ3n) is 3.66. The maximum Gasteiger partial charge on any atom is 0.220 e. The quantitative estimate of drug-likeness (QED) is 0.811. The molecule has 1 aromatic rings. The van der Waals surface area contributed by atoms with Crippen LogP contribution in [0.2, 0.25) is 0 Å². The minimum absolute atomic E-state index is 0.0153. The molecule has 0 saturated carbocycles. The predicted octanol–water partition coefficient (Wildman–Crippen LogP) is 3.30. The van der Waals surface area contributed by atoms with Crippen LogP contribution in [0.5, 0.6) is 0 Å². The molecule has 1 rings (SSSR count). The summed E-state index contributed by atoms with van der Waals surface area (Å²) in [4.78, 5) is 11.9. The minimum Gasteiger partial charge on any atom is -0.349 e. The summed E-state index contributed by atoms with van der Waals surface area (Å²) >= 11 is 0. The Bertz CT molecular complexity index is 469. The number of benzene rings is 1. The van der Waals surface area contributed by atoms with E-state index in [0.717, 1.165) is 6.42 Å². The summed E-state index contributed by atoms with van der Waals surface area (Å²) in [5, 5.41) is 2.64. The number of nitrogens with one attached hydrogen (secondary N) is 1. The van der Waals surface area contributed by atoms with Gasteiger partial charge in [0.15, 0.2) is 0 Å². The molecule has 1 amide bonds. The molecule has 0 bridgehead atoms. The Hall–Kier alpha value is -1.49. The van der Waals surface area contributed by atoms with Crippen molar-refractivity contribution in [2.45, 2.75) is 46.1 Å². The van der Waals surface area contributed by atoms with Crippen LogP contribution in [-0.4, -0.2) is 12.5 Å². The fraction of sp³-hybridized carbons (Fsp3) is 0.562. The van der Waals surface area contributed by atoms with Gasteiger partial charge in [0.05, 0.1) is 6.04 Å². The molecule has 1 unspecified atom stereocenters. The maximum absolute atomic E-state index is 13.6. The molecule has 0 aliphatic heterocycles. The van der Waals surface area contributed by atoms with Crippen molar-refractivity contribution in [2.75, 3.05) is 6.54 Å². The summed E-state index contributed by atoms with van der Waals surface area (Å²) < 4.78 is 27.2. The first-order valence-electron chi connectivity index (χ1n) is 7.20. The van der Waals surface area contributed by atoms with Crippen molar-refractivity contribution >= 4 is 5.91 Å². The maximum atomic E-state index is 13.6. The number of amides is 1. The number of carbonyl (C=O) groups is 1. The molecule has 3 N–H and O–H groups in total. The normalized spacial score (nSPS) is 13.0. The van der Waals surface area contributed by atoms with E-state index in [2.05, 4.69) is 5.32 Å². The Morgan fingerprint density at radius 1 is 1.29 bits per heavy atom. The average Bonchev–Trinajstić information content (AvgIpc) is 2.36. The van der Waals surface area contributed by atoms with Crippen molar-refractivity contribution < 1.29 is 13.6 Å². The number of nitrogens with two attached hydrogens (primary N) is 1. The molecule has 0 fully saturated rings. The van der Waals surface area contributed by atoms with E-state index in [9.17, 15) is 13.6 Å². The van der Waals surface area contributed by atoms with E-state index in [0.29, 0.717) is 19.4 Å². The first-order chi connectivity index (χ1) is 9.76. The zero-order valence-electron chi connectivity index (χ0n) is 12.9. The lowest BCUT2D eigenvalue weighted by atomic mass is 9.84. The van der Waals surface area contributed by atoms with Gasteiger partial charge >= 0.3 is 0 Å². The molecule has 0 aliphatic carbocycles. The van der Waals surface area contributed by atoms with Crippen LogP contribution in [0.4, 0.5) is 8.78 Å². The highest BCUT2D eigenvalue weighted by molar-refractivity contribution is 5.76. The van der Waals surface area contributed by atoms with Crippen molar-refractivity contribution in [1.82, 2.24) is 5.32 Å². The zero-order chi connectivity index (χ0) is 16.0. The second kappa shape index (κ2) is 7.50.